The van der Waals surface area contributed by atoms with Gasteiger partial charge in [0.2, 0.25) is 0 Å². The van der Waals surface area contributed by atoms with E-state index in [9.17, 15) is 4.39 Å². The van der Waals surface area contributed by atoms with Crippen LogP contribution in [0.1, 0.15) is 66.2 Å². The molecule has 1 nitrogen and oxygen atoms in total. The van der Waals surface area contributed by atoms with Crippen molar-refractivity contribution in [2.75, 3.05) is 26.3 Å². The van der Waals surface area contributed by atoms with Crippen LogP contribution in [0.25, 0.3) is 0 Å². The molecule has 1 heterocycles. The van der Waals surface area contributed by atoms with Gasteiger partial charge in [0.05, 0.1) is 6.67 Å². The van der Waals surface area contributed by atoms with Gasteiger partial charge >= 0.3 is 0 Å². The number of piperidine rings is 1. The molecule has 1 saturated heterocycles. The molecule has 1 fully saturated rings. The predicted molar refractivity (Wildman–Crippen MR) is 77.7 cm³/mol. The minimum absolute atomic E-state index is 0.135. The summed E-state index contributed by atoms with van der Waals surface area (Å²) in [7, 11) is 0. The molecule has 0 spiro atoms. The van der Waals surface area contributed by atoms with Gasteiger partial charge in [-0.1, -0.05) is 40.5 Å². The number of nitrogens with zero attached hydrogens (tertiary/aromatic N) is 1. The van der Waals surface area contributed by atoms with E-state index in [1.165, 1.54) is 38.6 Å². The first-order chi connectivity index (χ1) is 8.57. The highest BCUT2D eigenvalue weighted by Crippen LogP contribution is 2.52. The molecule has 0 saturated carbocycles. The Bertz CT molecular complexity index is 243. The third kappa shape index (κ3) is 3.07. The summed E-state index contributed by atoms with van der Waals surface area (Å²) in [6, 6.07) is 0. The Hall–Kier alpha value is -0.110. The van der Waals surface area contributed by atoms with Crippen LogP contribution in [0, 0.1) is 10.8 Å². The van der Waals surface area contributed by atoms with Gasteiger partial charge in [0, 0.05) is 12.0 Å². The molecule has 0 aromatic rings. The summed E-state index contributed by atoms with van der Waals surface area (Å²) >= 11 is 0. The summed E-state index contributed by atoms with van der Waals surface area (Å²) in [6.07, 6.45) is 7.17. The van der Waals surface area contributed by atoms with E-state index >= 15 is 0 Å². The van der Waals surface area contributed by atoms with Crippen molar-refractivity contribution in [3.63, 3.8) is 0 Å². The molecule has 2 heteroatoms. The van der Waals surface area contributed by atoms with Crippen molar-refractivity contribution in [3.8, 4) is 0 Å². The van der Waals surface area contributed by atoms with E-state index in [1.54, 1.807) is 0 Å². The quantitative estimate of drug-likeness (QED) is 0.641. The number of likely N-dealkylation sites (tertiary alicyclic amines) is 1. The Balaban J connectivity index is 2.82. The number of halogens is 1. The van der Waals surface area contributed by atoms with Crippen molar-refractivity contribution in [3.05, 3.63) is 0 Å². The van der Waals surface area contributed by atoms with Crippen LogP contribution >= 0.6 is 0 Å². The first-order valence-corrected chi connectivity index (χ1v) is 7.86. The molecule has 1 aliphatic rings. The van der Waals surface area contributed by atoms with E-state index < -0.39 is 0 Å². The Kier molecular flexibility index (Phi) is 6.10. The first-order valence-electron chi connectivity index (χ1n) is 7.86. The van der Waals surface area contributed by atoms with Crippen LogP contribution in [0.2, 0.25) is 0 Å². The van der Waals surface area contributed by atoms with E-state index in [-0.39, 0.29) is 17.5 Å². The second kappa shape index (κ2) is 6.88. The minimum Gasteiger partial charge on any atom is -0.303 e. The second-order valence-electron chi connectivity index (χ2n) is 6.46. The van der Waals surface area contributed by atoms with Gasteiger partial charge in [-0.3, -0.25) is 4.39 Å². The summed E-state index contributed by atoms with van der Waals surface area (Å²) in [5.74, 6) is 0. The zero-order chi connectivity index (χ0) is 13.6. The first kappa shape index (κ1) is 15.9. The number of hydrogen-bond acceptors (Lipinski definition) is 1. The fourth-order valence-corrected chi connectivity index (χ4v) is 3.83. The molecule has 0 aliphatic carbocycles. The lowest BCUT2D eigenvalue weighted by molar-refractivity contribution is -0.0673. The number of hydrogen-bond donors (Lipinski definition) is 0. The molecular weight excluding hydrogens is 225 g/mol. The van der Waals surface area contributed by atoms with Gasteiger partial charge < -0.3 is 4.90 Å². The lowest BCUT2D eigenvalue weighted by Crippen LogP contribution is -2.55. The van der Waals surface area contributed by atoms with Crippen LogP contribution in [-0.4, -0.2) is 31.2 Å². The molecule has 0 aromatic heterocycles. The molecule has 0 amide bonds. The zero-order valence-electron chi connectivity index (χ0n) is 12.9. The molecule has 0 aromatic carbocycles. The minimum atomic E-state index is -0.162. The maximum absolute atomic E-state index is 13.8. The van der Waals surface area contributed by atoms with Gasteiger partial charge in [0.25, 0.3) is 0 Å². The van der Waals surface area contributed by atoms with E-state index in [1.807, 2.05) is 0 Å². The highest BCUT2D eigenvalue weighted by atomic mass is 19.1. The Labute approximate surface area is 113 Å². The zero-order valence-corrected chi connectivity index (χ0v) is 12.9. The van der Waals surface area contributed by atoms with Crippen LogP contribution in [0.15, 0.2) is 0 Å². The molecule has 2 atom stereocenters. The van der Waals surface area contributed by atoms with Crippen molar-refractivity contribution in [1.29, 1.82) is 0 Å². The van der Waals surface area contributed by atoms with Crippen molar-refractivity contribution in [2.45, 2.75) is 66.2 Å². The molecule has 0 bridgehead atoms. The molecule has 2 unspecified atom stereocenters. The van der Waals surface area contributed by atoms with E-state index in [2.05, 4.69) is 32.6 Å². The summed E-state index contributed by atoms with van der Waals surface area (Å²) in [4.78, 5) is 2.47. The summed E-state index contributed by atoms with van der Waals surface area (Å²) in [6.45, 7) is 12.0. The van der Waals surface area contributed by atoms with Crippen molar-refractivity contribution >= 4 is 0 Å². The monoisotopic (exact) mass is 257 g/mol. The standard InChI is InChI=1S/C16H32FN/c1-5-8-9-16(7-3)10-12-18(11-6-2)14-15(16,4)13-17/h5-14H2,1-4H3. The molecule has 108 valence electrons. The SMILES string of the molecule is CCCCC1(CC)CCN(CCC)CC1(C)CF. The van der Waals surface area contributed by atoms with E-state index in [4.69, 9.17) is 0 Å². The summed E-state index contributed by atoms with van der Waals surface area (Å²) in [5, 5.41) is 0. The maximum atomic E-state index is 13.8. The lowest BCUT2D eigenvalue weighted by atomic mass is 9.57. The van der Waals surface area contributed by atoms with Crippen LogP contribution in [0.5, 0.6) is 0 Å². The van der Waals surface area contributed by atoms with Gasteiger partial charge in [0.15, 0.2) is 0 Å². The highest BCUT2D eigenvalue weighted by molar-refractivity contribution is 5.00. The average Bonchev–Trinajstić information content (AvgIpc) is 2.39. The second-order valence-corrected chi connectivity index (χ2v) is 6.46. The third-order valence-corrected chi connectivity index (χ3v) is 5.28. The van der Waals surface area contributed by atoms with Gasteiger partial charge in [0.1, 0.15) is 0 Å². The van der Waals surface area contributed by atoms with Crippen molar-refractivity contribution < 1.29 is 4.39 Å². The van der Waals surface area contributed by atoms with E-state index in [0.717, 1.165) is 19.5 Å². The smallest absolute Gasteiger partial charge is 0.0965 e. The topological polar surface area (TPSA) is 3.24 Å². The number of rotatable bonds is 7. The lowest BCUT2D eigenvalue weighted by Gasteiger charge is -2.54. The summed E-state index contributed by atoms with van der Waals surface area (Å²) in [5.41, 5.74) is 0.104. The highest BCUT2D eigenvalue weighted by Gasteiger charge is 2.49. The van der Waals surface area contributed by atoms with Crippen LogP contribution in [0.4, 0.5) is 4.39 Å². The predicted octanol–water partition coefficient (Wildman–Crippen LogP) is 4.66. The Morgan fingerprint density at radius 3 is 2.39 bits per heavy atom. The maximum Gasteiger partial charge on any atom is 0.0965 e. The van der Waals surface area contributed by atoms with Crippen LogP contribution in [0.3, 0.4) is 0 Å². The molecule has 1 rings (SSSR count). The summed E-state index contributed by atoms with van der Waals surface area (Å²) < 4.78 is 13.8. The van der Waals surface area contributed by atoms with Crippen LogP contribution < -0.4 is 0 Å². The molecule has 1 aliphatic heterocycles. The Morgan fingerprint density at radius 2 is 1.89 bits per heavy atom. The van der Waals surface area contributed by atoms with Gasteiger partial charge in [-0.05, 0) is 44.2 Å². The molecule has 0 radical (unpaired) electrons. The fraction of sp³-hybridized carbons (Fsp3) is 1.00. The van der Waals surface area contributed by atoms with E-state index in [0.29, 0.717) is 0 Å². The third-order valence-electron chi connectivity index (χ3n) is 5.28. The fourth-order valence-electron chi connectivity index (χ4n) is 3.83. The molecule has 18 heavy (non-hydrogen) atoms. The number of alkyl halides is 1. The molecule has 0 N–H and O–H groups in total. The van der Waals surface area contributed by atoms with Crippen LogP contribution in [-0.2, 0) is 0 Å². The Morgan fingerprint density at radius 1 is 1.17 bits per heavy atom. The molecular formula is C16H32FN. The van der Waals surface area contributed by atoms with Crippen molar-refractivity contribution in [1.82, 2.24) is 4.90 Å². The van der Waals surface area contributed by atoms with Gasteiger partial charge in [-0.2, -0.15) is 0 Å². The normalized spacial score (nSPS) is 33.8. The largest absolute Gasteiger partial charge is 0.303 e. The average molecular weight is 257 g/mol. The van der Waals surface area contributed by atoms with Crippen molar-refractivity contribution in [2.24, 2.45) is 10.8 Å². The van der Waals surface area contributed by atoms with Gasteiger partial charge in [-0.15, -0.1) is 0 Å². The van der Waals surface area contributed by atoms with Gasteiger partial charge in [-0.25, -0.2) is 0 Å². The number of unbranched alkanes of at least 4 members (excludes halogenated alkanes) is 1.